The number of rotatable bonds is 6. The Morgan fingerprint density at radius 1 is 1.06 bits per heavy atom. The molecule has 0 radical (unpaired) electrons. The highest BCUT2D eigenvalue weighted by Crippen LogP contribution is 2.23. The standard InChI is InChI=1S/C24H33N5O2/c1-18-22(26-17-27-23(18)25-12-7-19-5-3-2-4-6-19)24(31)29-13-8-20(9-14-29)28-15-10-21(30)11-16-28/h2-6,17,20-21,30H,7-16H2,1H3,(H,25,26,27). The Bertz CT molecular complexity index is 860. The van der Waals surface area contributed by atoms with Gasteiger partial charge in [0.15, 0.2) is 0 Å². The quantitative estimate of drug-likeness (QED) is 0.743. The average molecular weight is 424 g/mol. The van der Waals surface area contributed by atoms with Gasteiger partial charge < -0.3 is 20.2 Å². The zero-order valence-corrected chi connectivity index (χ0v) is 18.3. The van der Waals surface area contributed by atoms with Gasteiger partial charge in [-0.3, -0.25) is 4.79 Å². The number of likely N-dealkylation sites (tertiary alicyclic amines) is 2. The molecule has 7 nitrogen and oxygen atoms in total. The van der Waals surface area contributed by atoms with Crippen LogP contribution < -0.4 is 5.32 Å². The second kappa shape index (κ2) is 10.2. The van der Waals surface area contributed by atoms with Crippen molar-refractivity contribution >= 4 is 11.7 Å². The lowest BCUT2D eigenvalue weighted by molar-refractivity contribution is 0.0355. The number of nitrogens with zero attached hydrogens (tertiary/aromatic N) is 4. The first-order chi connectivity index (χ1) is 15.1. The minimum Gasteiger partial charge on any atom is -0.393 e. The number of hydrogen-bond acceptors (Lipinski definition) is 6. The fourth-order valence-corrected chi connectivity index (χ4v) is 4.65. The number of benzene rings is 1. The van der Waals surface area contributed by atoms with Gasteiger partial charge in [-0.05, 0) is 44.6 Å². The van der Waals surface area contributed by atoms with Crippen LogP contribution in [0.25, 0.3) is 0 Å². The minimum absolute atomic E-state index is 0.00137. The normalized spacial score (nSPS) is 18.8. The van der Waals surface area contributed by atoms with Crippen LogP contribution in [0.15, 0.2) is 36.7 Å². The van der Waals surface area contributed by atoms with Gasteiger partial charge in [-0.2, -0.15) is 0 Å². The fourth-order valence-electron chi connectivity index (χ4n) is 4.65. The zero-order valence-electron chi connectivity index (χ0n) is 18.3. The van der Waals surface area contributed by atoms with Gasteiger partial charge >= 0.3 is 0 Å². The molecular weight excluding hydrogens is 390 g/mol. The zero-order chi connectivity index (χ0) is 21.6. The summed E-state index contributed by atoms with van der Waals surface area (Å²) in [6, 6.07) is 10.8. The van der Waals surface area contributed by atoms with Crippen LogP contribution in [0, 0.1) is 6.92 Å². The highest BCUT2D eigenvalue weighted by Gasteiger charge is 2.30. The molecule has 2 saturated heterocycles. The van der Waals surface area contributed by atoms with Crippen LogP contribution in [0.3, 0.4) is 0 Å². The van der Waals surface area contributed by atoms with E-state index < -0.39 is 0 Å². The molecule has 166 valence electrons. The highest BCUT2D eigenvalue weighted by molar-refractivity contribution is 5.94. The molecule has 31 heavy (non-hydrogen) atoms. The number of aliphatic hydroxyl groups is 1. The van der Waals surface area contributed by atoms with E-state index in [4.69, 9.17) is 0 Å². The summed E-state index contributed by atoms with van der Waals surface area (Å²) in [4.78, 5) is 26.2. The van der Waals surface area contributed by atoms with E-state index in [1.165, 1.54) is 11.9 Å². The number of carbonyl (C=O) groups is 1. The van der Waals surface area contributed by atoms with Crippen molar-refractivity contribution in [1.29, 1.82) is 0 Å². The van der Waals surface area contributed by atoms with E-state index >= 15 is 0 Å². The second-order valence-electron chi connectivity index (χ2n) is 8.65. The SMILES string of the molecule is Cc1c(NCCc2ccccc2)ncnc1C(=O)N1CCC(N2CCC(O)CC2)CC1. The van der Waals surface area contributed by atoms with E-state index in [1.54, 1.807) is 0 Å². The van der Waals surface area contributed by atoms with Crippen LogP contribution in [0.1, 0.15) is 47.3 Å². The first kappa shape index (κ1) is 21.7. The van der Waals surface area contributed by atoms with Crippen LogP contribution in [0.2, 0.25) is 0 Å². The summed E-state index contributed by atoms with van der Waals surface area (Å²) in [5.74, 6) is 0.731. The topological polar surface area (TPSA) is 81.6 Å². The Hall–Kier alpha value is -2.51. The Kier molecular flexibility index (Phi) is 7.14. The number of aromatic nitrogens is 2. The monoisotopic (exact) mass is 423 g/mol. The molecule has 2 aliphatic rings. The molecule has 7 heteroatoms. The molecule has 3 heterocycles. The van der Waals surface area contributed by atoms with Crippen molar-refractivity contribution in [3.63, 3.8) is 0 Å². The lowest BCUT2D eigenvalue weighted by Gasteiger charge is -2.41. The van der Waals surface area contributed by atoms with Crippen molar-refractivity contribution in [3.05, 3.63) is 53.5 Å². The number of amides is 1. The van der Waals surface area contributed by atoms with Gasteiger partial charge in [-0.1, -0.05) is 30.3 Å². The van der Waals surface area contributed by atoms with Gasteiger partial charge in [0.05, 0.1) is 6.10 Å². The summed E-state index contributed by atoms with van der Waals surface area (Å²) in [5.41, 5.74) is 2.58. The maximum atomic E-state index is 13.2. The third-order valence-electron chi connectivity index (χ3n) is 6.60. The third kappa shape index (κ3) is 5.40. The summed E-state index contributed by atoms with van der Waals surface area (Å²) >= 11 is 0. The molecule has 1 aromatic heterocycles. The van der Waals surface area contributed by atoms with Crippen LogP contribution >= 0.6 is 0 Å². The number of hydrogen-bond donors (Lipinski definition) is 2. The summed E-state index contributed by atoms with van der Waals surface area (Å²) < 4.78 is 0. The van der Waals surface area contributed by atoms with Gasteiger partial charge in [-0.15, -0.1) is 0 Å². The predicted octanol–water partition coefficient (Wildman–Crippen LogP) is 2.50. The van der Waals surface area contributed by atoms with Crippen LogP contribution in [0.4, 0.5) is 5.82 Å². The minimum atomic E-state index is -0.144. The van der Waals surface area contributed by atoms with Gasteiger partial charge in [-0.25, -0.2) is 9.97 Å². The van der Waals surface area contributed by atoms with Crippen molar-refractivity contribution in [3.8, 4) is 0 Å². The molecular formula is C24H33N5O2. The molecule has 0 unspecified atom stereocenters. The predicted molar refractivity (Wildman–Crippen MR) is 121 cm³/mol. The Labute approximate surface area is 184 Å². The average Bonchev–Trinajstić information content (AvgIpc) is 2.81. The molecule has 1 amide bonds. The largest absolute Gasteiger partial charge is 0.393 e. The molecule has 0 saturated carbocycles. The maximum absolute atomic E-state index is 13.2. The molecule has 0 bridgehead atoms. The second-order valence-corrected chi connectivity index (χ2v) is 8.65. The first-order valence-corrected chi connectivity index (χ1v) is 11.4. The van der Waals surface area contributed by atoms with Crippen molar-refractivity contribution in [2.75, 3.05) is 38.0 Å². The van der Waals surface area contributed by atoms with E-state index in [9.17, 15) is 9.90 Å². The number of aliphatic hydroxyl groups excluding tert-OH is 1. The number of carbonyl (C=O) groups excluding carboxylic acids is 1. The van der Waals surface area contributed by atoms with Crippen molar-refractivity contribution in [2.24, 2.45) is 0 Å². The van der Waals surface area contributed by atoms with Gasteiger partial charge in [0.1, 0.15) is 17.8 Å². The summed E-state index contributed by atoms with van der Waals surface area (Å²) in [6.45, 7) is 6.10. The lowest BCUT2D eigenvalue weighted by atomic mass is 9.98. The molecule has 2 fully saturated rings. The number of anilines is 1. The molecule has 0 atom stereocenters. The molecule has 4 rings (SSSR count). The maximum Gasteiger partial charge on any atom is 0.272 e. The van der Waals surface area contributed by atoms with Crippen LogP contribution in [0.5, 0.6) is 0 Å². The third-order valence-corrected chi connectivity index (χ3v) is 6.60. The highest BCUT2D eigenvalue weighted by atomic mass is 16.3. The first-order valence-electron chi connectivity index (χ1n) is 11.4. The van der Waals surface area contributed by atoms with Crippen LogP contribution in [-0.2, 0) is 6.42 Å². The fraction of sp³-hybridized carbons (Fsp3) is 0.542. The Morgan fingerprint density at radius 2 is 1.77 bits per heavy atom. The molecule has 2 aromatic rings. The molecule has 2 N–H and O–H groups in total. The summed E-state index contributed by atoms with van der Waals surface area (Å²) in [5, 5.41) is 13.1. The number of nitrogens with one attached hydrogen (secondary N) is 1. The molecule has 1 aromatic carbocycles. The van der Waals surface area contributed by atoms with Crippen molar-refractivity contribution in [2.45, 2.75) is 51.2 Å². The van der Waals surface area contributed by atoms with Crippen molar-refractivity contribution < 1.29 is 9.90 Å². The van der Waals surface area contributed by atoms with Gasteiger partial charge in [0.25, 0.3) is 5.91 Å². The Morgan fingerprint density at radius 3 is 2.48 bits per heavy atom. The van der Waals surface area contributed by atoms with E-state index in [0.29, 0.717) is 11.7 Å². The van der Waals surface area contributed by atoms with E-state index in [2.05, 4.69) is 32.3 Å². The van der Waals surface area contributed by atoms with E-state index in [-0.39, 0.29) is 12.0 Å². The van der Waals surface area contributed by atoms with Gasteiger partial charge in [0.2, 0.25) is 0 Å². The van der Waals surface area contributed by atoms with Crippen molar-refractivity contribution in [1.82, 2.24) is 19.8 Å². The van der Waals surface area contributed by atoms with E-state index in [0.717, 1.165) is 76.2 Å². The van der Waals surface area contributed by atoms with E-state index in [1.807, 2.05) is 30.0 Å². The smallest absolute Gasteiger partial charge is 0.272 e. The summed E-state index contributed by atoms with van der Waals surface area (Å²) in [6.07, 6.45) is 5.92. The lowest BCUT2D eigenvalue weighted by Crippen LogP contribution is -2.49. The molecule has 0 spiro atoms. The Balaban J connectivity index is 1.32. The summed E-state index contributed by atoms with van der Waals surface area (Å²) in [7, 11) is 0. The molecule has 0 aliphatic carbocycles. The number of piperidine rings is 2. The molecule has 2 aliphatic heterocycles. The van der Waals surface area contributed by atoms with Gasteiger partial charge in [0, 0.05) is 44.3 Å². The van der Waals surface area contributed by atoms with Crippen LogP contribution in [-0.4, -0.2) is 75.7 Å².